The van der Waals surface area contributed by atoms with E-state index in [2.05, 4.69) is 15.5 Å². The number of hydrogen-bond donors (Lipinski definition) is 2. The summed E-state index contributed by atoms with van der Waals surface area (Å²) in [6.45, 7) is 0. The number of aromatic amines is 1. The highest BCUT2D eigenvalue weighted by molar-refractivity contribution is 5.91. The Bertz CT molecular complexity index is 705. The number of carbonyl (C=O) groups is 1. The molecule has 0 spiro atoms. The van der Waals surface area contributed by atoms with Gasteiger partial charge >= 0.3 is 0 Å². The van der Waals surface area contributed by atoms with Crippen molar-refractivity contribution in [2.45, 2.75) is 0 Å². The van der Waals surface area contributed by atoms with Gasteiger partial charge in [-0.1, -0.05) is 60.7 Å². The number of amides is 1. The number of nitrogens with one attached hydrogen (secondary N) is 2. The summed E-state index contributed by atoms with van der Waals surface area (Å²) in [6.07, 6.45) is 0.636. The van der Waals surface area contributed by atoms with Gasteiger partial charge in [0.1, 0.15) is 0 Å². The van der Waals surface area contributed by atoms with E-state index in [-0.39, 0.29) is 0 Å². The van der Waals surface area contributed by atoms with Crippen molar-refractivity contribution in [1.82, 2.24) is 10.2 Å². The first-order valence-corrected chi connectivity index (χ1v) is 6.29. The Morgan fingerprint density at radius 3 is 2.10 bits per heavy atom. The molecule has 3 aromatic rings. The molecule has 1 heterocycles. The Morgan fingerprint density at radius 2 is 1.50 bits per heavy atom. The van der Waals surface area contributed by atoms with E-state index < -0.39 is 0 Å². The average molecular weight is 263 g/mol. The zero-order valence-corrected chi connectivity index (χ0v) is 10.7. The van der Waals surface area contributed by atoms with Crippen LogP contribution >= 0.6 is 0 Å². The van der Waals surface area contributed by atoms with Crippen molar-refractivity contribution in [3.05, 3.63) is 60.7 Å². The molecule has 0 saturated carbocycles. The molecule has 4 heteroatoms. The van der Waals surface area contributed by atoms with Crippen molar-refractivity contribution in [2.75, 3.05) is 5.32 Å². The van der Waals surface area contributed by atoms with Gasteiger partial charge in [-0.3, -0.25) is 9.89 Å². The molecule has 1 amide bonds. The summed E-state index contributed by atoms with van der Waals surface area (Å²) in [5.41, 5.74) is 3.81. The van der Waals surface area contributed by atoms with E-state index in [9.17, 15) is 4.79 Å². The predicted octanol–water partition coefficient (Wildman–Crippen LogP) is 3.31. The second-order valence-electron chi connectivity index (χ2n) is 4.32. The van der Waals surface area contributed by atoms with Crippen molar-refractivity contribution in [2.24, 2.45) is 0 Å². The van der Waals surface area contributed by atoms with Crippen LogP contribution in [0.3, 0.4) is 0 Å². The number of rotatable bonds is 4. The SMILES string of the molecule is O=CNc1n[nH]c(-c2ccccc2)c1-c1ccccc1. The second kappa shape index (κ2) is 5.40. The monoisotopic (exact) mass is 263 g/mol. The van der Waals surface area contributed by atoms with Gasteiger partial charge in [-0.15, -0.1) is 0 Å². The molecule has 4 nitrogen and oxygen atoms in total. The van der Waals surface area contributed by atoms with Crippen LogP contribution in [0.25, 0.3) is 22.4 Å². The maximum atomic E-state index is 10.7. The molecule has 0 atom stereocenters. The highest BCUT2D eigenvalue weighted by Crippen LogP contribution is 2.35. The Labute approximate surface area is 116 Å². The minimum absolute atomic E-state index is 0.532. The van der Waals surface area contributed by atoms with Gasteiger partial charge in [-0.2, -0.15) is 5.10 Å². The summed E-state index contributed by atoms with van der Waals surface area (Å²) in [4.78, 5) is 10.7. The third-order valence-corrected chi connectivity index (χ3v) is 3.09. The van der Waals surface area contributed by atoms with Gasteiger partial charge in [-0.25, -0.2) is 0 Å². The topological polar surface area (TPSA) is 57.8 Å². The van der Waals surface area contributed by atoms with Crippen LogP contribution < -0.4 is 5.32 Å². The van der Waals surface area contributed by atoms with Crippen LogP contribution in [0.1, 0.15) is 0 Å². The number of H-pyrrole nitrogens is 1. The van der Waals surface area contributed by atoms with E-state index in [0.717, 1.165) is 22.4 Å². The standard InChI is InChI=1S/C16H13N3O/c20-11-17-16-14(12-7-3-1-4-8-12)15(18-19-16)13-9-5-2-6-10-13/h1-11H,(H2,17,18,19,20). The van der Waals surface area contributed by atoms with Crippen molar-refractivity contribution in [1.29, 1.82) is 0 Å². The van der Waals surface area contributed by atoms with Crippen molar-refractivity contribution in [3.63, 3.8) is 0 Å². The van der Waals surface area contributed by atoms with E-state index in [1.807, 2.05) is 60.7 Å². The molecule has 2 N–H and O–H groups in total. The molecule has 0 unspecified atom stereocenters. The Hall–Kier alpha value is -2.88. The summed E-state index contributed by atoms with van der Waals surface area (Å²) in [6, 6.07) is 19.8. The number of aromatic nitrogens is 2. The van der Waals surface area contributed by atoms with E-state index in [1.54, 1.807) is 0 Å². The van der Waals surface area contributed by atoms with Gasteiger partial charge in [0.25, 0.3) is 0 Å². The van der Waals surface area contributed by atoms with Gasteiger partial charge in [0.2, 0.25) is 6.41 Å². The molecular formula is C16H13N3O. The zero-order chi connectivity index (χ0) is 13.8. The van der Waals surface area contributed by atoms with E-state index >= 15 is 0 Å². The van der Waals surface area contributed by atoms with Gasteiger partial charge < -0.3 is 5.32 Å². The molecule has 0 bridgehead atoms. The average Bonchev–Trinajstić information content (AvgIpc) is 2.93. The smallest absolute Gasteiger partial charge is 0.212 e. The lowest BCUT2D eigenvalue weighted by Gasteiger charge is -2.05. The fourth-order valence-corrected chi connectivity index (χ4v) is 2.20. The summed E-state index contributed by atoms with van der Waals surface area (Å²) in [5.74, 6) is 0.532. The fourth-order valence-electron chi connectivity index (χ4n) is 2.20. The number of hydrogen-bond acceptors (Lipinski definition) is 2. The quantitative estimate of drug-likeness (QED) is 0.709. The van der Waals surface area contributed by atoms with E-state index in [4.69, 9.17) is 0 Å². The summed E-state index contributed by atoms with van der Waals surface area (Å²) in [5, 5.41) is 9.84. The molecule has 2 aromatic carbocycles. The first-order valence-electron chi connectivity index (χ1n) is 6.29. The zero-order valence-electron chi connectivity index (χ0n) is 10.7. The van der Waals surface area contributed by atoms with Crippen molar-refractivity contribution < 1.29 is 4.79 Å². The molecule has 0 radical (unpaired) electrons. The molecule has 0 aliphatic rings. The largest absolute Gasteiger partial charge is 0.311 e. The van der Waals surface area contributed by atoms with E-state index in [0.29, 0.717) is 12.2 Å². The molecule has 1 aromatic heterocycles. The molecule has 0 fully saturated rings. The highest BCUT2D eigenvalue weighted by Gasteiger charge is 2.15. The number of benzene rings is 2. The second-order valence-corrected chi connectivity index (χ2v) is 4.32. The summed E-state index contributed by atoms with van der Waals surface area (Å²) < 4.78 is 0. The normalized spacial score (nSPS) is 10.2. The molecule has 0 aliphatic carbocycles. The lowest BCUT2D eigenvalue weighted by molar-refractivity contribution is -0.105. The molecule has 0 aliphatic heterocycles. The Balaban J connectivity index is 2.19. The van der Waals surface area contributed by atoms with Crippen LogP contribution in [-0.4, -0.2) is 16.6 Å². The number of anilines is 1. The van der Waals surface area contributed by atoms with Crippen LogP contribution in [0.15, 0.2) is 60.7 Å². The number of carbonyl (C=O) groups excluding carboxylic acids is 1. The van der Waals surface area contributed by atoms with Crippen molar-refractivity contribution >= 4 is 12.2 Å². The minimum Gasteiger partial charge on any atom is -0.311 e. The molecular weight excluding hydrogens is 250 g/mol. The predicted molar refractivity (Wildman–Crippen MR) is 79.1 cm³/mol. The van der Waals surface area contributed by atoms with Crippen LogP contribution in [0.5, 0.6) is 0 Å². The molecule has 3 rings (SSSR count). The lowest BCUT2D eigenvalue weighted by Crippen LogP contribution is -1.95. The third kappa shape index (κ3) is 2.19. The van der Waals surface area contributed by atoms with Gasteiger partial charge in [0.15, 0.2) is 5.82 Å². The van der Waals surface area contributed by atoms with Crippen LogP contribution in [0.2, 0.25) is 0 Å². The maximum absolute atomic E-state index is 10.7. The number of nitrogens with zero attached hydrogens (tertiary/aromatic N) is 1. The Morgan fingerprint density at radius 1 is 0.900 bits per heavy atom. The lowest BCUT2D eigenvalue weighted by atomic mass is 10.0. The Kier molecular flexibility index (Phi) is 3.29. The first kappa shape index (κ1) is 12.2. The maximum Gasteiger partial charge on any atom is 0.212 e. The highest BCUT2D eigenvalue weighted by atomic mass is 16.1. The van der Waals surface area contributed by atoms with Crippen molar-refractivity contribution in [3.8, 4) is 22.4 Å². The first-order chi connectivity index (χ1) is 9.90. The summed E-state index contributed by atoms with van der Waals surface area (Å²) in [7, 11) is 0. The van der Waals surface area contributed by atoms with Crippen LogP contribution in [0, 0.1) is 0 Å². The van der Waals surface area contributed by atoms with E-state index in [1.165, 1.54) is 0 Å². The van der Waals surface area contributed by atoms with Crippen LogP contribution in [0.4, 0.5) is 5.82 Å². The van der Waals surface area contributed by atoms with Gasteiger partial charge in [-0.05, 0) is 5.56 Å². The molecule has 98 valence electrons. The third-order valence-electron chi connectivity index (χ3n) is 3.09. The molecule has 0 saturated heterocycles. The fraction of sp³-hybridized carbons (Fsp3) is 0. The van der Waals surface area contributed by atoms with Gasteiger partial charge in [0.05, 0.1) is 11.3 Å². The molecule has 20 heavy (non-hydrogen) atoms. The van der Waals surface area contributed by atoms with Gasteiger partial charge in [0, 0.05) is 5.56 Å². The summed E-state index contributed by atoms with van der Waals surface area (Å²) >= 11 is 0. The van der Waals surface area contributed by atoms with Crippen LogP contribution in [-0.2, 0) is 4.79 Å². The minimum atomic E-state index is 0.532.